The SMILES string of the molecule is C1=CSCS1.c1ccc(N(c2ccccc2)c2ncncn2)cc1. The smallest absolute Gasteiger partial charge is 0.237 e. The monoisotopic (exact) mass is 352 g/mol. The first kappa shape index (κ1) is 16.5. The van der Waals surface area contributed by atoms with Gasteiger partial charge in [-0.25, -0.2) is 15.0 Å². The zero-order valence-electron chi connectivity index (χ0n) is 12.9. The van der Waals surface area contributed by atoms with E-state index in [-0.39, 0.29) is 0 Å². The molecule has 0 fully saturated rings. The zero-order valence-corrected chi connectivity index (χ0v) is 14.5. The van der Waals surface area contributed by atoms with E-state index in [1.54, 1.807) is 0 Å². The molecule has 4 rings (SSSR count). The fourth-order valence-electron chi connectivity index (χ4n) is 2.08. The molecule has 3 aromatic rings. The molecule has 2 heterocycles. The lowest BCUT2D eigenvalue weighted by Gasteiger charge is -2.22. The third kappa shape index (κ3) is 4.59. The van der Waals surface area contributed by atoms with E-state index in [0.717, 1.165) is 11.4 Å². The molecule has 1 aliphatic rings. The van der Waals surface area contributed by atoms with Crippen molar-refractivity contribution in [1.82, 2.24) is 15.0 Å². The summed E-state index contributed by atoms with van der Waals surface area (Å²) in [7, 11) is 0. The molecule has 0 amide bonds. The lowest BCUT2D eigenvalue weighted by atomic mass is 10.2. The van der Waals surface area contributed by atoms with Gasteiger partial charge in [-0.2, -0.15) is 0 Å². The fourth-order valence-corrected chi connectivity index (χ4v) is 3.65. The van der Waals surface area contributed by atoms with Crippen LogP contribution in [0.15, 0.2) is 84.1 Å². The third-order valence-electron chi connectivity index (χ3n) is 3.09. The van der Waals surface area contributed by atoms with Gasteiger partial charge < -0.3 is 0 Å². The van der Waals surface area contributed by atoms with Gasteiger partial charge in [-0.15, -0.1) is 23.5 Å². The van der Waals surface area contributed by atoms with Crippen LogP contribution < -0.4 is 4.90 Å². The molecule has 0 unspecified atom stereocenters. The van der Waals surface area contributed by atoms with Crippen molar-refractivity contribution >= 4 is 40.8 Å². The highest BCUT2D eigenvalue weighted by atomic mass is 32.2. The Balaban J connectivity index is 0.000000290. The van der Waals surface area contributed by atoms with Crippen LogP contribution in [-0.4, -0.2) is 20.0 Å². The minimum absolute atomic E-state index is 0.604. The van der Waals surface area contributed by atoms with Crippen molar-refractivity contribution in [3.8, 4) is 0 Å². The number of benzene rings is 2. The summed E-state index contributed by atoms with van der Waals surface area (Å²) >= 11 is 3.71. The van der Waals surface area contributed by atoms with Gasteiger partial charge >= 0.3 is 0 Å². The normalized spacial score (nSPS) is 12.3. The standard InChI is InChI=1S/C15H12N4.C3H4S2/c1-3-7-13(8-4-1)19(14-9-5-2-6-10-14)15-17-11-16-12-18-15;1-2-5-3-4-1/h1-12H;1-2H,3H2. The molecule has 0 spiro atoms. The summed E-state index contributed by atoms with van der Waals surface area (Å²) in [5.74, 6) is 0.604. The van der Waals surface area contributed by atoms with Crippen LogP contribution in [0.5, 0.6) is 0 Å². The van der Waals surface area contributed by atoms with E-state index in [9.17, 15) is 0 Å². The highest BCUT2D eigenvalue weighted by molar-refractivity contribution is 8.21. The maximum atomic E-state index is 4.24. The second-order valence-electron chi connectivity index (χ2n) is 4.67. The number of hydrogen-bond acceptors (Lipinski definition) is 6. The second kappa shape index (κ2) is 9.10. The minimum atomic E-state index is 0.604. The van der Waals surface area contributed by atoms with Crippen LogP contribution >= 0.6 is 23.5 Å². The summed E-state index contributed by atoms with van der Waals surface area (Å²) in [6.07, 6.45) is 3.00. The van der Waals surface area contributed by atoms with Gasteiger partial charge in [-0.3, -0.25) is 4.90 Å². The Morgan fingerprint density at radius 3 is 1.62 bits per heavy atom. The van der Waals surface area contributed by atoms with Crippen molar-refractivity contribution in [3.63, 3.8) is 0 Å². The van der Waals surface area contributed by atoms with Gasteiger partial charge in [0.15, 0.2) is 0 Å². The van der Waals surface area contributed by atoms with E-state index in [2.05, 4.69) is 25.8 Å². The van der Waals surface area contributed by atoms with E-state index >= 15 is 0 Å². The summed E-state index contributed by atoms with van der Waals surface area (Å²) in [5.41, 5.74) is 2.03. The first-order valence-corrected chi connectivity index (χ1v) is 9.45. The van der Waals surface area contributed by atoms with Gasteiger partial charge in [0.1, 0.15) is 12.7 Å². The molecule has 0 bridgehead atoms. The number of aromatic nitrogens is 3. The molecule has 0 saturated carbocycles. The first-order chi connectivity index (χ1) is 11.9. The van der Waals surface area contributed by atoms with Gasteiger partial charge in [-0.1, -0.05) is 36.4 Å². The highest BCUT2D eigenvalue weighted by Crippen LogP contribution is 2.30. The van der Waals surface area contributed by atoms with Crippen LogP contribution in [0.1, 0.15) is 0 Å². The van der Waals surface area contributed by atoms with Crippen molar-refractivity contribution in [2.45, 2.75) is 0 Å². The van der Waals surface area contributed by atoms with Crippen LogP contribution in [-0.2, 0) is 0 Å². The Bertz CT molecular complexity index is 652. The molecule has 0 atom stereocenters. The number of para-hydroxylation sites is 2. The van der Waals surface area contributed by atoms with E-state index in [1.165, 1.54) is 17.7 Å². The molecule has 6 heteroatoms. The highest BCUT2D eigenvalue weighted by Gasteiger charge is 2.13. The summed E-state index contributed by atoms with van der Waals surface area (Å²) in [4.78, 5) is 14.3. The number of anilines is 3. The number of rotatable bonds is 3. The fraction of sp³-hybridized carbons (Fsp3) is 0.0556. The Morgan fingerprint density at radius 1 is 0.708 bits per heavy atom. The Hall–Kier alpha value is -2.31. The minimum Gasteiger partial charge on any atom is -0.279 e. The lowest BCUT2D eigenvalue weighted by Crippen LogP contribution is -2.13. The first-order valence-electron chi connectivity index (χ1n) is 7.35. The van der Waals surface area contributed by atoms with E-state index in [1.807, 2.05) is 89.1 Å². The molecule has 0 aliphatic carbocycles. The van der Waals surface area contributed by atoms with Gasteiger partial charge in [0.25, 0.3) is 0 Å². The molecule has 0 saturated heterocycles. The van der Waals surface area contributed by atoms with Gasteiger partial charge in [0, 0.05) is 16.5 Å². The van der Waals surface area contributed by atoms with E-state index in [0.29, 0.717) is 5.95 Å². The Morgan fingerprint density at radius 2 is 1.21 bits per heavy atom. The van der Waals surface area contributed by atoms with Crippen LogP contribution in [0.3, 0.4) is 0 Å². The summed E-state index contributed by atoms with van der Waals surface area (Å²) < 4.78 is 0. The maximum absolute atomic E-state index is 4.24. The van der Waals surface area contributed by atoms with E-state index < -0.39 is 0 Å². The van der Waals surface area contributed by atoms with Crippen molar-refractivity contribution in [3.05, 3.63) is 84.1 Å². The van der Waals surface area contributed by atoms with Crippen molar-refractivity contribution in [2.24, 2.45) is 0 Å². The topological polar surface area (TPSA) is 41.9 Å². The quantitative estimate of drug-likeness (QED) is 0.642. The van der Waals surface area contributed by atoms with Crippen LogP contribution in [0.25, 0.3) is 0 Å². The molecule has 1 aromatic heterocycles. The molecule has 0 radical (unpaired) electrons. The summed E-state index contributed by atoms with van der Waals surface area (Å²) in [5, 5.41) is 5.45. The van der Waals surface area contributed by atoms with Crippen LogP contribution in [0, 0.1) is 0 Å². The van der Waals surface area contributed by atoms with Crippen LogP contribution in [0.4, 0.5) is 17.3 Å². The zero-order chi connectivity index (χ0) is 16.5. The Labute approximate surface area is 150 Å². The van der Waals surface area contributed by atoms with Crippen LogP contribution in [0.2, 0.25) is 0 Å². The largest absolute Gasteiger partial charge is 0.279 e. The number of hydrogen-bond donors (Lipinski definition) is 0. The molecule has 0 N–H and O–H groups in total. The Kier molecular flexibility index (Phi) is 6.27. The van der Waals surface area contributed by atoms with Gasteiger partial charge in [0.2, 0.25) is 5.95 Å². The molecule has 2 aromatic carbocycles. The lowest BCUT2D eigenvalue weighted by molar-refractivity contribution is 1.01. The predicted molar refractivity (Wildman–Crippen MR) is 104 cm³/mol. The average molecular weight is 352 g/mol. The van der Waals surface area contributed by atoms with Gasteiger partial charge in [0.05, 0.1) is 0 Å². The summed E-state index contributed by atoms with van der Waals surface area (Å²) in [6.45, 7) is 0. The molecular formula is C18H16N4S2. The molecule has 120 valence electrons. The molecular weight excluding hydrogens is 336 g/mol. The van der Waals surface area contributed by atoms with E-state index in [4.69, 9.17) is 0 Å². The molecule has 4 nitrogen and oxygen atoms in total. The molecule has 1 aliphatic heterocycles. The third-order valence-corrected chi connectivity index (χ3v) is 5.01. The number of nitrogens with zero attached hydrogens (tertiary/aromatic N) is 4. The maximum Gasteiger partial charge on any atom is 0.237 e. The van der Waals surface area contributed by atoms with Crippen molar-refractivity contribution in [1.29, 1.82) is 0 Å². The summed E-state index contributed by atoms with van der Waals surface area (Å²) in [6, 6.07) is 20.0. The second-order valence-corrected chi connectivity index (χ2v) is 6.82. The number of thioether (sulfide) groups is 2. The van der Waals surface area contributed by atoms with Crippen molar-refractivity contribution < 1.29 is 0 Å². The average Bonchev–Trinajstić information content (AvgIpc) is 3.25. The van der Waals surface area contributed by atoms with Crippen molar-refractivity contribution in [2.75, 3.05) is 9.98 Å². The van der Waals surface area contributed by atoms with Gasteiger partial charge in [-0.05, 0) is 35.1 Å². The predicted octanol–water partition coefficient (Wildman–Crippen LogP) is 5.24. The molecule has 24 heavy (non-hydrogen) atoms.